The van der Waals surface area contributed by atoms with Crippen molar-refractivity contribution in [3.63, 3.8) is 0 Å². The van der Waals surface area contributed by atoms with E-state index in [0.717, 1.165) is 18.7 Å². The van der Waals surface area contributed by atoms with E-state index in [1.54, 1.807) is 12.1 Å². The molecule has 1 aliphatic rings. The number of rotatable bonds is 2. The molecule has 15 heavy (non-hydrogen) atoms. The normalized spacial score (nSPS) is 15.5. The number of aromatic nitrogens is 4. The van der Waals surface area contributed by atoms with Crippen LogP contribution in [0.4, 0.5) is 0 Å². The summed E-state index contributed by atoms with van der Waals surface area (Å²) in [6.07, 6.45) is 2.29. The van der Waals surface area contributed by atoms with E-state index in [-0.39, 0.29) is 0 Å². The zero-order valence-corrected chi connectivity index (χ0v) is 8.48. The first kappa shape index (κ1) is 8.79. The Labute approximate surface area is 90.5 Å². The van der Waals surface area contributed by atoms with Gasteiger partial charge in [0, 0.05) is 5.92 Å². The van der Waals surface area contributed by atoms with E-state index in [9.17, 15) is 0 Å². The van der Waals surface area contributed by atoms with Gasteiger partial charge in [0.1, 0.15) is 0 Å². The van der Waals surface area contributed by atoms with Gasteiger partial charge in [0.05, 0.1) is 0 Å². The summed E-state index contributed by atoms with van der Waals surface area (Å²) in [7, 11) is 0. The second-order valence-electron chi connectivity index (χ2n) is 3.47. The Morgan fingerprint density at radius 1 is 1.27 bits per heavy atom. The minimum atomic E-state index is 0.348. The fourth-order valence-electron chi connectivity index (χ4n) is 1.28. The molecule has 0 saturated heterocycles. The molecule has 0 bridgehead atoms. The van der Waals surface area contributed by atoms with Crippen LogP contribution in [0.3, 0.4) is 0 Å². The average Bonchev–Trinajstić information content (AvgIpc) is 2.99. The Morgan fingerprint density at radius 2 is 2.13 bits per heavy atom. The lowest BCUT2D eigenvalue weighted by Crippen LogP contribution is -1.88. The first-order chi connectivity index (χ1) is 7.33. The molecule has 0 aromatic carbocycles. The number of nitrogens with zero attached hydrogens (tertiary/aromatic N) is 4. The minimum Gasteiger partial charge on any atom is -0.332 e. The van der Waals surface area contributed by atoms with Crippen molar-refractivity contribution in [2.75, 3.05) is 0 Å². The van der Waals surface area contributed by atoms with E-state index in [4.69, 9.17) is 16.1 Å². The van der Waals surface area contributed by atoms with Crippen LogP contribution in [0.5, 0.6) is 0 Å². The van der Waals surface area contributed by atoms with Gasteiger partial charge in [-0.05, 0) is 25.0 Å². The van der Waals surface area contributed by atoms with Crippen molar-refractivity contribution in [2.45, 2.75) is 18.8 Å². The van der Waals surface area contributed by atoms with Crippen molar-refractivity contribution >= 4 is 11.6 Å². The predicted molar refractivity (Wildman–Crippen MR) is 52.3 cm³/mol. The summed E-state index contributed by atoms with van der Waals surface area (Å²) >= 11 is 5.62. The van der Waals surface area contributed by atoms with Crippen LogP contribution in [0.15, 0.2) is 16.7 Å². The summed E-state index contributed by atoms with van der Waals surface area (Å²) in [6.45, 7) is 0. The lowest BCUT2D eigenvalue weighted by Gasteiger charge is -1.90. The molecule has 0 spiro atoms. The molecule has 3 rings (SSSR count). The topological polar surface area (TPSA) is 64.7 Å². The summed E-state index contributed by atoms with van der Waals surface area (Å²) in [5.41, 5.74) is 0.554. The van der Waals surface area contributed by atoms with Gasteiger partial charge in [0.2, 0.25) is 0 Å². The Morgan fingerprint density at radius 3 is 2.80 bits per heavy atom. The Hall–Kier alpha value is -1.49. The lowest BCUT2D eigenvalue weighted by atomic mass is 10.4. The Balaban J connectivity index is 1.93. The van der Waals surface area contributed by atoms with E-state index >= 15 is 0 Å². The maximum atomic E-state index is 5.62. The van der Waals surface area contributed by atoms with Gasteiger partial charge in [-0.25, -0.2) is 0 Å². The zero-order valence-electron chi connectivity index (χ0n) is 7.72. The van der Waals surface area contributed by atoms with Gasteiger partial charge in [-0.1, -0.05) is 16.8 Å². The summed E-state index contributed by atoms with van der Waals surface area (Å²) in [6, 6.07) is 3.35. The number of halogens is 1. The second-order valence-corrected chi connectivity index (χ2v) is 3.86. The maximum absolute atomic E-state index is 5.62. The molecule has 6 heteroatoms. The molecule has 0 aliphatic heterocycles. The van der Waals surface area contributed by atoms with Gasteiger partial charge in [-0.3, -0.25) is 0 Å². The van der Waals surface area contributed by atoms with Crippen molar-refractivity contribution in [2.24, 2.45) is 0 Å². The molecular formula is C9H7ClN4O. The average molecular weight is 223 g/mol. The fourth-order valence-corrected chi connectivity index (χ4v) is 1.38. The van der Waals surface area contributed by atoms with E-state index < -0.39 is 0 Å². The van der Waals surface area contributed by atoms with Crippen LogP contribution in [0.25, 0.3) is 11.6 Å². The third-order valence-corrected chi connectivity index (χ3v) is 2.44. The van der Waals surface area contributed by atoms with Crippen molar-refractivity contribution in [1.29, 1.82) is 0 Å². The molecule has 2 heterocycles. The third kappa shape index (κ3) is 1.70. The predicted octanol–water partition coefficient (Wildman–Crippen LogP) is 2.06. The first-order valence-electron chi connectivity index (χ1n) is 4.66. The van der Waals surface area contributed by atoms with Crippen molar-refractivity contribution in [1.82, 2.24) is 20.3 Å². The molecule has 0 amide bonds. The van der Waals surface area contributed by atoms with Gasteiger partial charge in [-0.15, -0.1) is 10.2 Å². The highest BCUT2D eigenvalue weighted by Gasteiger charge is 2.29. The van der Waals surface area contributed by atoms with Crippen LogP contribution in [0.2, 0.25) is 5.15 Å². The van der Waals surface area contributed by atoms with Crippen LogP contribution in [-0.4, -0.2) is 20.3 Å². The number of hydrogen-bond donors (Lipinski definition) is 0. The number of hydrogen-bond acceptors (Lipinski definition) is 5. The van der Waals surface area contributed by atoms with Gasteiger partial charge in [0.25, 0.3) is 5.89 Å². The Kier molecular flexibility index (Phi) is 1.92. The van der Waals surface area contributed by atoms with E-state index in [0.29, 0.717) is 22.7 Å². The first-order valence-corrected chi connectivity index (χ1v) is 5.04. The molecule has 1 saturated carbocycles. The lowest BCUT2D eigenvalue weighted by molar-refractivity contribution is 0.421. The second kappa shape index (κ2) is 3.27. The fraction of sp³-hybridized carbons (Fsp3) is 0.333. The van der Waals surface area contributed by atoms with Crippen LogP contribution >= 0.6 is 11.6 Å². The molecular weight excluding hydrogens is 216 g/mol. The SMILES string of the molecule is Clc1ccc(-c2nc(C3CC3)no2)nn1. The van der Waals surface area contributed by atoms with Crippen LogP contribution in [0, 0.1) is 0 Å². The highest BCUT2D eigenvalue weighted by Crippen LogP contribution is 2.38. The van der Waals surface area contributed by atoms with Gasteiger partial charge < -0.3 is 4.52 Å². The smallest absolute Gasteiger partial charge is 0.278 e. The molecule has 2 aromatic heterocycles. The molecule has 0 radical (unpaired) electrons. The molecule has 5 nitrogen and oxygen atoms in total. The van der Waals surface area contributed by atoms with Crippen molar-refractivity contribution in [3.8, 4) is 11.6 Å². The molecule has 0 N–H and O–H groups in total. The third-order valence-electron chi connectivity index (χ3n) is 2.24. The summed E-state index contributed by atoms with van der Waals surface area (Å²) in [5, 5.41) is 11.8. The molecule has 0 atom stereocenters. The highest BCUT2D eigenvalue weighted by atomic mass is 35.5. The van der Waals surface area contributed by atoms with E-state index in [1.165, 1.54) is 0 Å². The summed E-state index contributed by atoms with van der Waals surface area (Å²) in [5.74, 6) is 1.64. The van der Waals surface area contributed by atoms with Gasteiger partial charge in [0.15, 0.2) is 16.7 Å². The zero-order chi connectivity index (χ0) is 10.3. The monoisotopic (exact) mass is 222 g/mol. The molecule has 76 valence electrons. The van der Waals surface area contributed by atoms with Gasteiger partial charge >= 0.3 is 0 Å². The largest absolute Gasteiger partial charge is 0.332 e. The standard InChI is InChI=1S/C9H7ClN4O/c10-7-4-3-6(12-13-7)9-11-8(14-15-9)5-1-2-5/h3-5H,1-2H2. The maximum Gasteiger partial charge on any atom is 0.278 e. The van der Waals surface area contributed by atoms with Crippen LogP contribution < -0.4 is 0 Å². The van der Waals surface area contributed by atoms with E-state index in [1.807, 2.05) is 0 Å². The summed E-state index contributed by atoms with van der Waals surface area (Å²) < 4.78 is 5.09. The van der Waals surface area contributed by atoms with Crippen molar-refractivity contribution < 1.29 is 4.52 Å². The minimum absolute atomic E-state index is 0.348. The van der Waals surface area contributed by atoms with Gasteiger partial charge in [-0.2, -0.15) is 4.98 Å². The Bertz CT molecular complexity index is 477. The highest BCUT2D eigenvalue weighted by molar-refractivity contribution is 6.29. The van der Waals surface area contributed by atoms with Crippen molar-refractivity contribution in [3.05, 3.63) is 23.1 Å². The van der Waals surface area contributed by atoms with Crippen LogP contribution in [0.1, 0.15) is 24.6 Å². The molecule has 0 unspecified atom stereocenters. The van der Waals surface area contributed by atoms with E-state index in [2.05, 4.69) is 20.3 Å². The summed E-state index contributed by atoms with van der Waals surface area (Å²) in [4.78, 5) is 4.25. The quantitative estimate of drug-likeness (QED) is 0.778. The van der Waals surface area contributed by atoms with Crippen LogP contribution in [-0.2, 0) is 0 Å². The molecule has 2 aromatic rings. The molecule has 1 aliphatic carbocycles. The molecule has 1 fully saturated rings.